The Morgan fingerprint density at radius 2 is 1.76 bits per heavy atom. The molecule has 17 heavy (non-hydrogen) atoms. The van der Waals surface area contributed by atoms with Crippen LogP contribution < -0.4 is 0 Å². The van der Waals surface area contributed by atoms with Gasteiger partial charge in [0.25, 0.3) is 0 Å². The molecule has 2 bridgehead atoms. The van der Waals surface area contributed by atoms with Gasteiger partial charge in [0.05, 0.1) is 5.92 Å². The van der Waals surface area contributed by atoms with Crippen molar-refractivity contribution in [1.82, 2.24) is 4.90 Å². The van der Waals surface area contributed by atoms with Crippen LogP contribution in [0, 0.1) is 17.8 Å². The van der Waals surface area contributed by atoms with E-state index in [0.29, 0.717) is 13.1 Å². The number of nitrogens with zero attached hydrogens (tertiary/aromatic N) is 1. The van der Waals surface area contributed by atoms with Gasteiger partial charge in [-0.2, -0.15) is 0 Å². The SMILES string of the molecule is CC(C)(C)OC(=O)N1C[C@H]2C[C@@H](C1)[C@@H]2C(=O)O. The van der Waals surface area contributed by atoms with E-state index in [9.17, 15) is 9.59 Å². The lowest BCUT2D eigenvalue weighted by Gasteiger charge is -2.51. The largest absolute Gasteiger partial charge is 0.481 e. The highest BCUT2D eigenvalue weighted by molar-refractivity contribution is 5.74. The summed E-state index contributed by atoms with van der Waals surface area (Å²) < 4.78 is 5.28. The Kier molecular flexibility index (Phi) is 2.79. The number of ether oxygens (including phenoxy) is 1. The number of carboxylic acid groups (broad SMARTS) is 1. The summed E-state index contributed by atoms with van der Waals surface area (Å²) in [6, 6.07) is 0. The fourth-order valence-corrected chi connectivity index (χ4v) is 2.77. The molecule has 3 aliphatic rings. The smallest absolute Gasteiger partial charge is 0.410 e. The van der Waals surface area contributed by atoms with Gasteiger partial charge in [-0.15, -0.1) is 0 Å². The molecular formula is C12H19NO4. The topological polar surface area (TPSA) is 66.8 Å². The second-order valence-electron chi connectivity index (χ2n) is 6.01. The number of carboxylic acids is 1. The van der Waals surface area contributed by atoms with Crippen LogP contribution in [0.4, 0.5) is 4.79 Å². The Balaban J connectivity index is 1.92. The molecule has 1 saturated carbocycles. The molecule has 2 heterocycles. The number of amides is 1. The number of carbonyl (C=O) groups is 2. The van der Waals surface area contributed by atoms with E-state index in [1.54, 1.807) is 4.90 Å². The molecule has 1 N–H and O–H groups in total. The number of rotatable bonds is 1. The third-order valence-electron chi connectivity index (χ3n) is 3.47. The van der Waals surface area contributed by atoms with Crippen LogP contribution in [0.3, 0.4) is 0 Å². The minimum Gasteiger partial charge on any atom is -0.481 e. The normalized spacial score (nSPS) is 31.7. The summed E-state index contributed by atoms with van der Waals surface area (Å²) in [6.07, 6.45) is 0.604. The van der Waals surface area contributed by atoms with Gasteiger partial charge in [0, 0.05) is 13.1 Å². The fraction of sp³-hybridized carbons (Fsp3) is 0.833. The fourth-order valence-electron chi connectivity index (χ4n) is 2.77. The van der Waals surface area contributed by atoms with E-state index in [-0.39, 0.29) is 23.8 Å². The van der Waals surface area contributed by atoms with E-state index < -0.39 is 11.6 Å². The zero-order valence-corrected chi connectivity index (χ0v) is 10.5. The van der Waals surface area contributed by atoms with Crippen LogP contribution in [-0.2, 0) is 9.53 Å². The molecule has 3 rings (SSSR count). The van der Waals surface area contributed by atoms with Crippen molar-refractivity contribution in [3.63, 3.8) is 0 Å². The number of hydrogen-bond donors (Lipinski definition) is 1. The highest BCUT2D eigenvalue weighted by Crippen LogP contribution is 2.45. The maximum atomic E-state index is 11.8. The lowest BCUT2D eigenvalue weighted by Crippen LogP contribution is -2.59. The second kappa shape index (κ2) is 3.89. The van der Waals surface area contributed by atoms with Crippen molar-refractivity contribution in [2.45, 2.75) is 32.8 Å². The van der Waals surface area contributed by atoms with Crippen LogP contribution in [-0.4, -0.2) is 40.8 Å². The van der Waals surface area contributed by atoms with Crippen LogP contribution in [0.25, 0.3) is 0 Å². The van der Waals surface area contributed by atoms with E-state index in [1.165, 1.54) is 0 Å². The maximum absolute atomic E-state index is 11.8. The zero-order valence-electron chi connectivity index (χ0n) is 10.5. The van der Waals surface area contributed by atoms with Gasteiger partial charge >= 0.3 is 12.1 Å². The van der Waals surface area contributed by atoms with Gasteiger partial charge in [0.15, 0.2) is 0 Å². The summed E-state index contributed by atoms with van der Waals surface area (Å²) in [5.74, 6) is -0.763. The predicted molar refractivity (Wildman–Crippen MR) is 60.5 cm³/mol. The molecule has 1 amide bonds. The quantitative estimate of drug-likeness (QED) is 0.756. The molecule has 5 heteroatoms. The average Bonchev–Trinajstić information content (AvgIpc) is 2.13. The summed E-state index contributed by atoms with van der Waals surface area (Å²) in [5, 5.41) is 9.02. The number of carbonyl (C=O) groups excluding carboxylic acids is 1. The number of aliphatic carboxylic acids is 1. The van der Waals surface area contributed by atoms with Gasteiger partial charge in [-0.05, 0) is 39.0 Å². The van der Waals surface area contributed by atoms with Gasteiger partial charge in [0.1, 0.15) is 5.60 Å². The van der Waals surface area contributed by atoms with Crippen molar-refractivity contribution in [3.8, 4) is 0 Å². The monoisotopic (exact) mass is 241 g/mol. The molecule has 3 fully saturated rings. The molecule has 1 aliphatic carbocycles. The molecule has 3 atom stereocenters. The molecule has 0 aromatic carbocycles. The Labute approximate surface area is 101 Å². The van der Waals surface area contributed by atoms with E-state index in [4.69, 9.17) is 9.84 Å². The molecule has 5 nitrogen and oxygen atoms in total. The van der Waals surface area contributed by atoms with Crippen molar-refractivity contribution in [2.75, 3.05) is 13.1 Å². The molecule has 96 valence electrons. The van der Waals surface area contributed by atoms with Crippen LogP contribution in [0.1, 0.15) is 27.2 Å². The first-order valence-corrected chi connectivity index (χ1v) is 5.98. The summed E-state index contributed by atoms with van der Waals surface area (Å²) >= 11 is 0. The van der Waals surface area contributed by atoms with Crippen molar-refractivity contribution in [2.24, 2.45) is 17.8 Å². The van der Waals surface area contributed by atoms with Crippen molar-refractivity contribution in [3.05, 3.63) is 0 Å². The van der Waals surface area contributed by atoms with E-state index >= 15 is 0 Å². The Morgan fingerprint density at radius 1 is 1.24 bits per heavy atom. The van der Waals surface area contributed by atoms with Crippen molar-refractivity contribution < 1.29 is 19.4 Å². The first-order chi connectivity index (χ1) is 7.78. The van der Waals surface area contributed by atoms with E-state index in [2.05, 4.69) is 0 Å². The minimum atomic E-state index is -0.727. The molecule has 2 aliphatic heterocycles. The number of piperidine rings is 2. The maximum Gasteiger partial charge on any atom is 0.410 e. The lowest BCUT2D eigenvalue weighted by atomic mass is 9.62. The Bertz CT molecular complexity index is 335. The molecule has 0 unspecified atom stereocenters. The van der Waals surface area contributed by atoms with Crippen molar-refractivity contribution in [1.29, 1.82) is 0 Å². The van der Waals surface area contributed by atoms with E-state index in [1.807, 2.05) is 20.8 Å². The van der Waals surface area contributed by atoms with Crippen LogP contribution >= 0.6 is 0 Å². The van der Waals surface area contributed by atoms with Gasteiger partial charge in [-0.1, -0.05) is 0 Å². The zero-order chi connectivity index (χ0) is 12.8. The second-order valence-corrected chi connectivity index (χ2v) is 6.01. The molecule has 0 aromatic heterocycles. The molecule has 0 aromatic rings. The standard InChI is InChI=1S/C12H19NO4/c1-12(2,3)17-11(16)13-5-7-4-8(6-13)9(7)10(14)15/h7-9H,4-6H2,1-3H3,(H,14,15)/t7-,8+,9-. The molecular weight excluding hydrogens is 222 g/mol. The van der Waals surface area contributed by atoms with E-state index in [0.717, 1.165) is 6.42 Å². The lowest BCUT2D eigenvalue weighted by molar-refractivity contribution is -0.159. The summed E-state index contributed by atoms with van der Waals surface area (Å²) in [5.41, 5.74) is -0.495. The molecule has 0 spiro atoms. The average molecular weight is 241 g/mol. The number of fused-ring (bicyclic) bond motifs is 2. The molecule has 0 radical (unpaired) electrons. The highest BCUT2D eigenvalue weighted by Gasteiger charge is 2.51. The van der Waals surface area contributed by atoms with Crippen LogP contribution in [0.5, 0.6) is 0 Å². The van der Waals surface area contributed by atoms with Gasteiger partial charge in [0.2, 0.25) is 0 Å². The summed E-state index contributed by atoms with van der Waals surface area (Å²) in [4.78, 5) is 24.4. The van der Waals surface area contributed by atoms with Crippen LogP contribution in [0.15, 0.2) is 0 Å². The first-order valence-electron chi connectivity index (χ1n) is 5.98. The summed E-state index contributed by atoms with van der Waals surface area (Å²) in [6.45, 7) is 6.52. The first kappa shape index (κ1) is 12.2. The van der Waals surface area contributed by atoms with Gasteiger partial charge < -0.3 is 14.7 Å². The Morgan fingerprint density at radius 3 is 2.18 bits per heavy atom. The number of hydrogen-bond acceptors (Lipinski definition) is 3. The predicted octanol–water partition coefficient (Wildman–Crippen LogP) is 1.57. The Hall–Kier alpha value is -1.26. The van der Waals surface area contributed by atoms with Gasteiger partial charge in [-0.3, -0.25) is 4.79 Å². The highest BCUT2D eigenvalue weighted by atomic mass is 16.6. The minimum absolute atomic E-state index is 0.110. The van der Waals surface area contributed by atoms with Crippen molar-refractivity contribution >= 4 is 12.1 Å². The van der Waals surface area contributed by atoms with Crippen LogP contribution in [0.2, 0.25) is 0 Å². The molecule has 2 saturated heterocycles. The third kappa shape index (κ3) is 2.37. The van der Waals surface area contributed by atoms with Gasteiger partial charge in [-0.25, -0.2) is 4.79 Å². The third-order valence-corrected chi connectivity index (χ3v) is 3.47. The summed E-state index contributed by atoms with van der Waals surface area (Å²) in [7, 11) is 0.